The minimum Gasteiger partial charge on any atom is -0.378 e. The molecular formula is C8H18N2O3S. The Morgan fingerprint density at radius 2 is 1.86 bits per heavy atom. The van der Waals surface area contributed by atoms with Gasteiger partial charge in [-0.15, -0.1) is 0 Å². The summed E-state index contributed by atoms with van der Waals surface area (Å²) in [5.74, 6) is 0. The number of aliphatic hydroxyl groups excluding tert-OH is 1. The fourth-order valence-electron chi connectivity index (χ4n) is 1.70. The zero-order chi connectivity index (χ0) is 10.6. The first-order valence-corrected chi connectivity index (χ1v) is 6.45. The summed E-state index contributed by atoms with van der Waals surface area (Å²) in [6.07, 6.45) is 4.06. The van der Waals surface area contributed by atoms with Crippen LogP contribution in [0.2, 0.25) is 0 Å². The lowest BCUT2D eigenvalue weighted by Gasteiger charge is -2.23. The van der Waals surface area contributed by atoms with Gasteiger partial charge in [0.2, 0.25) is 0 Å². The molecule has 0 aromatic carbocycles. The van der Waals surface area contributed by atoms with Crippen molar-refractivity contribution in [2.45, 2.75) is 51.3 Å². The van der Waals surface area contributed by atoms with Crippen LogP contribution < -0.4 is 9.44 Å². The first-order valence-electron chi connectivity index (χ1n) is 4.97. The molecule has 1 rings (SSSR count). The minimum atomic E-state index is -3.53. The van der Waals surface area contributed by atoms with Crippen molar-refractivity contribution in [2.24, 2.45) is 0 Å². The van der Waals surface area contributed by atoms with Crippen LogP contribution in [0, 0.1) is 0 Å². The van der Waals surface area contributed by atoms with E-state index in [1.54, 1.807) is 0 Å². The van der Waals surface area contributed by atoms with E-state index in [9.17, 15) is 8.42 Å². The first kappa shape index (κ1) is 11.9. The second-order valence-electron chi connectivity index (χ2n) is 3.75. The van der Waals surface area contributed by atoms with E-state index < -0.39 is 16.4 Å². The molecule has 14 heavy (non-hydrogen) atoms. The highest BCUT2D eigenvalue weighted by atomic mass is 32.2. The monoisotopic (exact) mass is 222 g/mol. The second kappa shape index (κ2) is 5.06. The van der Waals surface area contributed by atoms with Crippen molar-refractivity contribution in [1.29, 1.82) is 0 Å². The van der Waals surface area contributed by atoms with Crippen LogP contribution in [-0.2, 0) is 10.2 Å². The van der Waals surface area contributed by atoms with E-state index in [0.29, 0.717) is 0 Å². The molecule has 1 aliphatic rings. The van der Waals surface area contributed by atoms with Gasteiger partial charge >= 0.3 is 0 Å². The summed E-state index contributed by atoms with van der Waals surface area (Å²) < 4.78 is 27.3. The van der Waals surface area contributed by atoms with Gasteiger partial charge in [0.15, 0.2) is 0 Å². The molecule has 0 heterocycles. The molecule has 0 saturated heterocycles. The molecule has 1 aliphatic carbocycles. The third-order valence-electron chi connectivity index (χ3n) is 2.25. The lowest BCUT2D eigenvalue weighted by molar-refractivity contribution is 0.183. The standard InChI is InChI=1S/C8H18N2O3S/c1-7(11)9-14(12,13)10-8-5-3-2-4-6-8/h7-11H,2-6H2,1H3. The van der Waals surface area contributed by atoms with Gasteiger partial charge in [-0.1, -0.05) is 19.3 Å². The number of nitrogens with one attached hydrogen (secondary N) is 2. The van der Waals surface area contributed by atoms with E-state index in [4.69, 9.17) is 5.11 Å². The van der Waals surface area contributed by atoms with Gasteiger partial charge in [-0.25, -0.2) is 0 Å². The van der Waals surface area contributed by atoms with Crippen molar-refractivity contribution < 1.29 is 13.5 Å². The van der Waals surface area contributed by atoms with E-state index >= 15 is 0 Å². The average Bonchev–Trinajstić information content (AvgIpc) is 2.02. The van der Waals surface area contributed by atoms with E-state index in [1.165, 1.54) is 13.3 Å². The highest BCUT2D eigenvalue weighted by molar-refractivity contribution is 7.87. The van der Waals surface area contributed by atoms with Crippen molar-refractivity contribution in [2.75, 3.05) is 0 Å². The predicted molar refractivity (Wildman–Crippen MR) is 53.7 cm³/mol. The molecule has 84 valence electrons. The largest absolute Gasteiger partial charge is 0.378 e. The third kappa shape index (κ3) is 4.36. The molecule has 0 bridgehead atoms. The van der Waals surface area contributed by atoms with Crippen LogP contribution in [0.1, 0.15) is 39.0 Å². The summed E-state index contributed by atoms with van der Waals surface area (Å²) in [5.41, 5.74) is 0. The summed E-state index contributed by atoms with van der Waals surface area (Å²) >= 11 is 0. The van der Waals surface area contributed by atoms with Crippen LogP contribution in [0.5, 0.6) is 0 Å². The Labute approximate surface area is 85.1 Å². The Kier molecular flexibility index (Phi) is 4.31. The van der Waals surface area contributed by atoms with Crippen LogP contribution in [-0.4, -0.2) is 25.8 Å². The highest BCUT2D eigenvalue weighted by Gasteiger charge is 2.20. The van der Waals surface area contributed by atoms with Gasteiger partial charge in [0.05, 0.1) is 0 Å². The van der Waals surface area contributed by atoms with Gasteiger partial charge in [0.25, 0.3) is 10.2 Å². The normalized spacial score (nSPS) is 22.1. The predicted octanol–water partition coefficient (Wildman–Crippen LogP) is 0.0814. The van der Waals surface area contributed by atoms with Crippen LogP contribution in [0.3, 0.4) is 0 Å². The van der Waals surface area contributed by atoms with Gasteiger partial charge in [0, 0.05) is 6.04 Å². The molecule has 0 spiro atoms. The molecule has 0 aliphatic heterocycles. The van der Waals surface area contributed by atoms with Crippen molar-refractivity contribution in [3.63, 3.8) is 0 Å². The maximum Gasteiger partial charge on any atom is 0.279 e. The fraction of sp³-hybridized carbons (Fsp3) is 1.00. The molecule has 6 heteroatoms. The third-order valence-corrected chi connectivity index (χ3v) is 3.55. The molecule has 0 aromatic heterocycles. The molecule has 1 atom stereocenters. The van der Waals surface area contributed by atoms with Crippen molar-refractivity contribution in [3.05, 3.63) is 0 Å². The van der Waals surface area contributed by atoms with Crippen molar-refractivity contribution in [1.82, 2.24) is 9.44 Å². The first-order chi connectivity index (χ1) is 6.49. The maximum absolute atomic E-state index is 11.3. The van der Waals surface area contributed by atoms with Gasteiger partial charge in [-0.2, -0.15) is 17.9 Å². The molecule has 0 aromatic rings. The molecule has 1 fully saturated rings. The van der Waals surface area contributed by atoms with E-state index in [2.05, 4.69) is 9.44 Å². The van der Waals surface area contributed by atoms with Crippen LogP contribution in [0.25, 0.3) is 0 Å². The van der Waals surface area contributed by atoms with E-state index in [-0.39, 0.29) is 6.04 Å². The maximum atomic E-state index is 11.3. The average molecular weight is 222 g/mol. The molecule has 5 nitrogen and oxygen atoms in total. The zero-order valence-corrected chi connectivity index (χ0v) is 9.18. The lowest BCUT2D eigenvalue weighted by Crippen LogP contribution is -2.46. The topological polar surface area (TPSA) is 78.4 Å². The van der Waals surface area contributed by atoms with Crippen LogP contribution >= 0.6 is 0 Å². The van der Waals surface area contributed by atoms with Gasteiger partial charge in [0.1, 0.15) is 6.23 Å². The Bertz CT molecular complexity index is 258. The Morgan fingerprint density at radius 1 is 1.29 bits per heavy atom. The highest BCUT2D eigenvalue weighted by Crippen LogP contribution is 2.17. The number of aliphatic hydroxyl groups is 1. The minimum absolute atomic E-state index is 0.0278. The Balaban J connectivity index is 2.41. The smallest absolute Gasteiger partial charge is 0.279 e. The lowest BCUT2D eigenvalue weighted by atomic mass is 9.96. The van der Waals surface area contributed by atoms with Crippen molar-refractivity contribution in [3.8, 4) is 0 Å². The Hall–Kier alpha value is -0.170. The van der Waals surface area contributed by atoms with Gasteiger partial charge in [-0.3, -0.25) is 0 Å². The molecule has 0 amide bonds. The number of rotatable bonds is 4. The molecule has 1 unspecified atom stereocenters. The molecule has 3 N–H and O–H groups in total. The SMILES string of the molecule is CC(O)NS(=O)(=O)NC1CCCCC1. The quantitative estimate of drug-likeness (QED) is 0.589. The van der Waals surface area contributed by atoms with Gasteiger partial charge in [-0.05, 0) is 19.8 Å². The summed E-state index contributed by atoms with van der Waals surface area (Å²) in [6.45, 7) is 1.38. The summed E-state index contributed by atoms with van der Waals surface area (Å²) in [4.78, 5) is 0. The molecular weight excluding hydrogens is 204 g/mol. The van der Waals surface area contributed by atoms with Crippen LogP contribution in [0.15, 0.2) is 0 Å². The van der Waals surface area contributed by atoms with E-state index in [1.807, 2.05) is 0 Å². The number of hydrogen-bond acceptors (Lipinski definition) is 3. The van der Waals surface area contributed by atoms with E-state index in [0.717, 1.165) is 25.7 Å². The number of hydrogen-bond donors (Lipinski definition) is 3. The summed E-state index contributed by atoms with van der Waals surface area (Å²) in [7, 11) is -3.53. The van der Waals surface area contributed by atoms with Crippen molar-refractivity contribution >= 4 is 10.2 Å². The van der Waals surface area contributed by atoms with Gasteiger partial charge < -0.3 is 5.11 Å². The second-order valence-corrected chi connectivity index (χ2v) is 5.23. The molecule has 0 radical (unpaired) electrons. The van der Waals surface area contributed by atoms with Crippen LogP contribution in [0.4, 0.5) is 0 Å². The fourth-order valence-corrected chi connectivity index (χ4v) is 2.89. The molecule has 1 saturated carbocycles. The summed E-state index contributed by atoms with van der Waals surface area (Å²) in [5, 5.41) is 8.89. The zero-order valence-electron chi connectivity index (χ0n) is 8.36. The Morgan fingerprint density at radius 3 is 2.36 bits per heavy atom. The summed E-state index contributed by atoms with van der Waals surface area (Å²) in [6, 6.07) is 0.0278.